The van der Waals surface area contributed by atoms with Crippen LogP contribution in [0.15, 0.2) is 0 Å². The Labute approximate surface area is 110 Å². The van der Waals surface area contributed by atoms with Crippen LogP contribution in [0.2, 0.25) is 0 Å². The van der Waals surface area contributed by atoms with Gasteiger partial charge in [0.15, 0.2) is 0 Å². The van der Waals surface area contributed by atoms with Crippen molar-refractivity contribution in [1.82, 2.24) is 0 Å². The summed E-state index contributed by atoms with van der Waals surface area (Å²) in [5.41, 5.74) is 0. The van der Waals surface area contributed by atoms with Gasteiger partial charge in [0, 0.05) is 13.0 Å². The molecule has 2 N–H and O–H groups in total. The molecule has 1 aliphatic rings. The van der Waals surface area contributed by atoms with Crippen molar-refractivity contribution in [2.75, 3.05) is 6.61 Å². The van der Waals surface area contributed by atoms with Gasteiger partial charge in [0.1, 0.15) is 6.10 Å². The Kier molecular flexibility index (Phi) is 11.1. The maximum absolute atomic E-state index is 10.6. The molecule has 0 aromatic carbocycles. The summed E-state index contributed by atoms with van der Waals surface area (Å²) in [6.07, 6.45) is 7.12. The Balaban J connectivity index is 0.000000321. The molecule has 1 aliphatic heterocycles. The molecule has 18 heavy (non-hydrogen) atoms. The maximum Gasteiger partial charge on any atom is 0.306 e. The highest BCUT2D eigenvalue weighted by Gasteiger charge is 2.17. The summed E-state index contributed by atoms with van der Waals surface area (Å²) in [5.74, 6) is -0.0203. The minimum absolute atomic E-state index is 0.0203. The molecule has 0 bridgehead atoms. The first-order valence-electron chi connectivity index (χ1n) is 7.12. The van der Waals surface area contributed by atoms with Gasteiger partial charge in [0.25, 0.3) is 0 Å². The number of unbranched alkanes of at least 4 members (excludes halogenated alkanes) is 1. The molecule has 2 unspecified atom stereocenters. The summed E-state index contributed by atoms with van der Waals surface area (Å²) in [7, 11) is 0. The van der Waals surface area contributed by atoms with Gasteiger partial charge in [-0.25, -0.2) is 0 Å². The molecule has 0 radical (unpaired) electrons. The lowest BCUT2D eigenvalue weighted by Gasteiger charge is -2.20. The molecule has 1 saturated heterocycles. The fourth-order valence-corrected chi connectivity index (χ4v) is 1.76. The predicted octanol–water partition coefficient (Wildman–Crippen LogP) is 2.41. The minimum atomic E-state index is -0.156. The molecule has 2 atom stereocenters. The quantitative estimate of drug-likeness (QED) is 0.568. The number of carbonyl (C=O) groups excluding carboxylic acids is 1. The van der Waals surface area contributed by atoms with Crippen molar-refractivity contribution < 1.29 is 19.7 Å². The summed E-state index contributed by atoms with van der Waals surface area (Å²) in [4.78, 5) is 10.6. The van der Waals surface area contributed by atoms with Crippen molar-refractivity contribution in [2.45, 2.75) is 77.4 Å². The van der Waals surface area contributed by atoms with E-state index in [0.29, 0.717) is 6.42 Å². The van der Waals surface area contributed by atoms with Crippen molar-refractivity contribution in [3.8, 4) is 0 Å². The monoisotopic (exact) mass is 260 g/mol. The van der Waals surface area contributed by atoms with Crippen molar-refractivity contribution in [3.63, 3.8) is 0 Å². The number of esters is 1. The number of aliphatic hydroxyl groups excluding tert-OH is 2. The molecule has 0 aromatic rings. The van der Waals surface area contributed by atoms with Gasteiger partial charge in [-0.2, -0.15) is 0 Å². The highest BCUT2D eigenvalue weighted by Crippen LogP contribution is 2.15. The van der Waals surface area contributed by atoms with Gasteiger partial charge in [0.2, 0.25) is 0 Å². The highest BCUT2D eigenvalue weighted by molar-refractivity contribution is 5.70. The van der Waals surface area contributed by atoms with Gasteiger partial charge in [0.05, 0.1) is 6.10 Å². The molecule has 108 valence electrons. The Morgan fingerprint density at radius 1 is 1.39 bits per heavy atom. The van der Waals surface area contributed by atoms with E-state index in [1.54, 1.807) is 0 Å². The number of hydrogen-bond donors (Lipinski definition) is 2. The fraction of sp³-hybridized carbons (Fsp3) is 0.929. The van der Waals surface area contributed by atoms with Crippen molar-refractivity contribution in [3.05, 3.63) is 0 Å². The largest absolute Gasteiger partial charge is 0.462 e. The lowest BCUT2D eigenvalue weighted by Crippen LogP contribution is -2.22. The van der Waals surface area contributed by atoms with E-state index in [2.05, 4.69) is 0 Å². The van der Waals surface area contributed by atoms with Crippen LogP contribution in [-0.2, 0) is 9.53 Å². The van der Waals surface area contributed by atoms with Gasteiger partial charge in [-0.05, 0) is 44.9 Å². The van der Waals surface area contributed by atoms with Gasteiger partial charge >= 0.3 is 5.97 Å². The van der Waals surface area contributed by atoms with Crippen LogP contribution in [0.25, 0.3) is 0 Å². The van der Waals surface area contributed by atoms with Crippen LogP contribution < -0.4 is 0 Å². The molecule has 1 rings (SSSR count). The van der Waals surface area contributed by atoms with Crippen molar-refractivity contribution in [1.29, 1.82) is 0 Å². The molecule has 0 aliphatic carbocycles. The molecule has 4 heteroatoms. The van der Waals surface area contributed by atoms with Crippen LogP contribution in [0.5, 0.6) is 0 Å². The first-order chi connectivity index (χ1) is 8.63. The zero-order valence-corrected chi connectivity index (χ0v) is 11.7. The number of cyclic esters (lactones) is 1. The summed E-state index contributed by atoms with van der Waals surface area (Å²) in [6, 6.07) is 0. The Morgan fingerprint density at radius 3 is 2.56 bits per heavy atom. The van der Waals surface area contributed by atoms with E-state index < -0.39 is 0 Å². The molecule has 1 heterocycles. The van der Waals surface area contributed by atoms with E-state index in [0.717, 1.165) is 44.9 Å². The van der Waals surface area contributed by atoms with E-state index in [4.69, 9.17) is 14.9 Å². The van der Waals surface area contributed by atoms with E-state index in [1.807, 2.05) is 13.8 Å². The van der Waals surface area contributed by atoms with Crippen LogP contribution in [0.1, 0.15) is 65.2 Å². The van der Waals surface area contributed by atoms with E-state index >= 15 is 0 Å². The minimum Gasteiger partial charge on any atom is -0.462 e. The molecule has 0 spiro atoms. The summed E-state index contributed by atoms with van der Waals surface area (Å²) >= 11 is 0. The second kappa shape index (κ2) is 11.5. The molecule has 0 aromatic heterocycles. The summed E-state index contributed by atoms with van der Waals surface area (Å²) < 4.78 is 5.00. The smallest absolute Gasteiger partial charge is 0.306 e. The van der Waals surface area contributed by atoms with Gasteiger partial charge in [-0.15, -0.1) is 0 Å². The Bertz CT molecular complexity index is 206. The third-order valence-electron chi connectivity index (χ3n) is 3.08. The lowest BCUT2D eigenvalue weighted by molar-refractivity contribution is -0.153. The number of aliphatic hydroxyl groups is 2. The second-order valence-corrected chi connectivity index (χ2v) is 4.69. The van der Waals surface area contributed by atoms with Crippen LogP contribution in [0.3, 0.4) is 0 Å². The zero-order valence-electron chi connectivity index (χ0n) is 11.7. The first-order valence-corrected chi connectivity index (χ1v) is 7.12. The van der Waals surface area contributed by atoms with E-state index in [-0.39, 0.29) is 24.8 Å². The van der Waals surface area contributed by atoms with Crippen LogP contribution in [0.4, 0.5) is 0 Å². The Hall–Kier alpha value is -0.610. The molecular formula is C14H28O4. The standard InChI is InChI=1S/C7H12O2.C7H16O2/c1-2-6-4-3-5-7(8)9-6;1-2-7(9)5-3-4-6-8/h6H,2-5H2,1H3;7-9H,2-6H2,1H3. The Morgan fingerprint density at radius 2 is 2.11 bits per heavy atom. The van der Waals surface area contributed by atoms with Crippen molar-refractivity contribution in [2.24, 2.45) is 0 Å². The average Bonchev–Trinajstić information content (AvgIpc) is 2.39. The summed E-state index contributed by atoms with van der Waals surface area (Å²) in [6.45, 7) is 4.25. The number of rotatable bonds is 6. The number of hydrogen-bond acceptors (Lipinski definition) is 4. The van der Waals surface area contributed by atoms with Gasteiger partial charge < -0.3 is 14.9 Å². The predicted molar refractivity (Wildman–Crippen MR) is 71.3 cm³/mol. The van der Waals surface area contributed by atoms with Crippen molar-refractivity contribution >= 4 is 5.97 Å². The average molecular weight is 260 g/mol. The van der Waals surface area contributed by atoms with E-state index in [1.165, 1.54) is 0 Å². The second-order valence-electron chi connectivity index (χ2n) is 4.69. The summed E-state index contributed by atoms with van der Waals surface area (Å²) in [5, 5.41) is 17.4. The number of carbonyl (C=O) groups is 1. The molecule has 0 amide bonds. The van der Waals surface area contributed by atoms with Crippen LogP contribution in [-0.4, -0.2) is 35.0 Å². The molecular weight excluding hydrogens is 232 g/mol. The van der Waals surface area contributed by atoms with Gasteiger partial charge in [-0.3, -0.25) is 4.79 Å². The van der Waals surface area contributed by atoms with E-state index in [9.17, 15) is 4.79 Å². The topological polar surface area (TPSA) is 66.8 Å². The highest BCUT2D eigenvalue weighted by atomic mass is 16.5. The van der Waals surface area contributed by atoms with Crippen LogP contribution in [0, 0.1) is 0 Å². The fourth-order valence-electron chi connectivity index (χ4n) is 1.76. The molecule has 0 saturated carbocycles. The molecule has 4 nitrogen and oxygen atoms in total. The number of ether oxygens (including phenoxy) is 1. The van der Waals surface area contributed by atoms with Crippen LogP contribution >= 0.6 is 0 Å². The van der Waals surface area contributed by atoms with Gasteiger partial charge in [-0.1, -0.05) is 13.8 Å². The third-order valence-corrected chi connectivity index (χ3v) is 3.08. The lowest BCUT2D eigenvalue weighted by atomic mass is 10.1. The maximum atomic E-state index is 10.6. The zero-order chi connectivity index (χ0) is 13.8. The SMILES string of the molecule is CCC(O)CCCCO.CCC1CCCC(=O)O1. The third kappa shape index (κ3) is 9.42. The first kappa shape index (κ1) is 17.4. The normalized spacial score (nSPS) is 20.7. The molecule has 1 fully saturated rings.